The van der Waals surface area contributed by atoms with Gasteiger partial charge in [0.1, 0.15) is 5.75 Å². The van der Waals surface area contributed by atoms with Gasteiger partial charge in [-0.3, -0.25) is 14.9 Å². The standard InChI is InChI=1S/C21H29F2N3O3/c1-13(2)8-16(24-3)20(28)25-19(27)15-6-7-17(26-11-21(22,23)12-26)18(9-15)29-10-14-4-5-14/h6-7,9,13-14,16,24H,4-5,8,10-12H2,1-3H3,(H,25,27,28)/t16-/m0/s1. The van der Waals surface area contributed by atoms with Crippen LogP contribution in [0.2, 0.25) is 0 Å². The third kappa shape index (κ3) is 5.65. The summed E-state index contributed by atoms with van der Waals surface area (Å²) < 4.78 is 32.4. The molecule has 1 saturated carbocycles. The van der Waals surface area contributed by atoms with E-state index in [2.05, 4.69) is 10.6 Å². The fraction of sp³-hybridized carbons (Fsp3) is 0.619. The van der Waals surface area contributed by atoms with E-state index in [1.165, 1.54) is 17.0 Å². The number of amides is 2. The van der Waals surface area contributed by atoms with Crippen LogP contribution < -0.4 is 20.3 Å². The first-order valence-electron chi connectivity index (χ1n) is 10.1. The average molecular weight is 409 g/mol. The molecule has 160 valence electrons. The van der Waals surface area contributed by atoms with E-state index < -0.39 is 23.8 Å². The molecule has 2 N–H and O–H groups in total. The Labute approximate surface area is 170 Å². The monoisotopic (exact) mass is 409 g/mol. The summed E-state index contributed by atoms with van der Waals surface area (Å²) in [6, 6.07) is 4.22. The highest BCUT2D eigenvalue weighted by molar-refractivity contribution is 6.06. The smallest absolute Gasteiger partial charge is 0.282 e. The van der Waals surface area contributed by atoms with Crippen molar-refractivity contribution in [2.24, 2.45) is 11.8 Å². The lowest BCUT2D eigenvalue weighted by molar-refractivity contribution is -0.122. The van der Waals surface area contributed by atoms with Gasteiger partial charge < -0.3 is 15.0 Å². The number of benzene rings is 1. The van der Waals surface area contributed by atoms with E-state index in [0.29, 0.717) is 36.3 Å². The number of ether oxygens (including phenoxy) is 1. The zero-order valence-electron chi connectivity index (χ0n) is 17.1. The largest absolute Gasteiger partial charge is 0.491 e. The van der Waals surface area contributed by atoms with Crippen LogP contribution in [0.4, 0.5) is 14.5 Å². The number of nitrogens with zero attached hydrogens (tertiary/aromatic N) is 1. The summed E-state index contributed by atoms with van der Waals surface area (Å²) in [6.07, 6.45) is 2.79. The maximum absolute atomic E-state index is 13.3. The van der Waals surface area contributed by atoms with Crippen LogP contribution >= 0.6 is 0 Å². The maximum atomic E-state index is 13.3. The highest BCUT2D eigenvalue weighted by atomic mass is 19.3. The maximum Gasteiger partial charge on any atom is 0.282 e. The number of nitrogens with one attached hydrogen (secondary N) is 2. The van der Waals surface area contributed by atoms with Crippen molar-refractivity contribution in [3.05, 3.63) is 23.8 Å². The minimum atomic E-state index is -2.70. The molecular formula is C21H29F2N3O3. The SMILES string of the molecule is CN[C@@H](CC(C)C)C(=O)NC(=O)c1ccc(N2CC(F)(F)C2)c(OCC2CC2)c1. The van der Waals surface area contributed by atoms with Crippen molar-refractivity contribution in [1.82, 2.24) is 10.6 Å². The Kier molecular flexibility index (Phi) is 6.41. The van der Waals surface area contributed by atoms with Gasteiger partial charge in [0.2, 0.25) is 5.91 Å². The molecule has 29 heavy (non-hydrogen) atoms. The van der Waals surface area contributed by atoms with Crippen molar-refractivity contribution in [2.75, 3.05) is 31.6 Å². The topological polar surface area (TPSA) is 70.7 Å². The van der Waals surface area contributed by atoms with Gasteiger partial charge in [-0.05, 0) is 56.3 Å². The number of rotatable bonds is 9. The molecule has 1 aromatic carbocycles. The highest BCUT2D eigenvalue weighted by Gasteiger charge is 2.45. The molecule has 0 unspecified atom stereocenters. The Morgan fingerprint density at radius 2 is 1.97 bits per heavy atom. The van der Waals surface area contributed by atoms with Gasteiger partial charge in [-0.2, -0.15) is 0 Å². The second kappa shape index (κ2) is 8.65. The molecule has 1 aromatic rings. The van der Waals surface area contributed by atoms with E-state index in [1.807, 2.05) is 13.8 Å². The lowest BCUT2D eigenvalue weighted by Gasteiger charge is -2.41. The number of halogens is 2. The average Bonchev–Trinajstić information content (AvgIpc) is 3.46. The number of carbonyl (C=O) groups excluding carboxylic acids is 2. The van der Waals surface area contributed by atoms with Gasteiger partial charge in [-0.25, -0.2) is 8.78 Å². The van der Waals surface area contributed by atoms with Crippen LogP contribution in [0, 0.1) is 11.8 Å². The minimum Gasteiger partial charge on any atom is -0.491 e. The molecule has 1 aliphatic heterocycles. The fourth-order valence-electron chi connectivity index (χ4n) is 3.31. The molecule has 6 nitrogen and oxygen atoms in total. The van der Waals surface area contributed by atoms with E-state index in [1.54, 1.807) is 13.1 Å². The van der Waals surface area contributed by atoms with Crippen molar-refractivity contribution >= 4 is 17.5 Å². The number of alkyl halides is 2. The summed E-state index contributed by atoms with van der Waals surface area (Å²) in [5.74, 6) is -2.44. The van der Waals surface area contributed by atoms with Crippen LogP contribution in [-0.2, 0) is 4.79 Å². The van der Waals surface area contributed by atoms with Crippen LogP contribution in [0.15, 0.2) is 18.2 Å². The van der Waals surface area contributed by atoms with Crippen molar-refractivity contribution in [2.45, 2.75) is 45.1 Å². The lowest BCUT2D eigenvalue weighted by atomic mass is 10.0. The molecule has 1 heterocycles. The highest BCUT2D eigenvalue weighted by Crippen LogP contribution is 2.39. The first-order valence-corrected chi connectivity index (χ1v) is 10.1. The van der Waals surface area contributed by atoms with Crippen molar-refractivity contribution in [3.63, 3.8) is 0 Å². The summed E-state index contributed by atoms with van der Waals surface area (Å²) >= 11 is 0. The van der Waals surface area contributed by atoms with Gasteiger partial charge in [0, 0.05) is 5.56 Å². The molecule has 0 radical (unpaired) electrons. The fourth-order valence-corrected chi connectivity index (χ4v) is 3.31. The molecule has 1 saturated heterocycles. The number of hydrogen-bond donors (Lipinski definition) is 2. The van der Waals surface area contributed by atoms with Crippen LogP contribution in [0.25, 0.3) is 0 Å². The van der Waals surface area contributed by atoms with Crippen molar-refractivity contribution in [1.29, 1.82) is 0 Å². The van der Waals surface area contributed by atoms with Crippen LogP contribution in [0.3, 0.4) is 0 Å². The predicted molar refractivity (Wildman–Crippen MR) is 107 cm³/mol. The molecule has 0 bridgehead atoms. The molecule has 8 heteroatoms. The second-order valence-corrected chi connectivity index (χ2v) is 8.44. The van der Waals surface area contributed by atoms with Crippen molar-refractivity contribution < 1.29 is 23.1 Å². The van der Waals surface area contributed by atoms with Gasteiger partial charge in [0.15, 0.2) is 0 Å². The number of imide groups is 1. The molecule has 3 rings (SSSR count). The molecule has 0 aromatic heterocycles. The number of likely N-dealkylation sites (N-methyl/N-ethyl adjacent to an activating group) is 1. The van der Waals surface area contributed by atoms with Gasteiger partial charge in [-0.1, -0.05) is 13.8 Å². The molecule has 2 fully saturated rings. The first-order chi connectivity index (χ1) is 13.7. The molecule has 1 aliphatic carbocycles. The quantitative estimate of drug-likeness (QED) is 0.656. The molecule has 2 aliphatic rings. The Bertz CT molecular complexity index is 758. The van der Waals surface area contributed by atoms with Gasteiger partial charge in [0.25, 0.3) is 11.8 Å². The van der Waals surface area contributed by atoms with E-state index in [0.717, 1.165) is 12.8 Å². The van der Waals surface area contributed by atoms with E-state index in [-0.39, 0.29) is 18.7 Å². The van der Waals surface area contributed by atoms with Crippen molar-refractivity contribution in [3.8, 4) is 5.75 Å². The van der Waals surface area contributed by atoms with Crippen LogP contribution in [0.1, 0.15) is 43.5 Å². The zero-order chi connectivity index (χ0) is 21.2. The summed E-state index contributed by atoms with van der Waals surface area (Å²) in [5, 5.41) is 5.34. The predicted octanol–water partition coefficient (Wildman–Crippen LogP) is 2.82. The Hall–Kier alpha value is -2.22. The number of carbonyl (C=O) groups is 2. The third-order valence-electron chi connectivity index (χ3n) is 5.19. The van der Waals surface area contributed by atoms with E-state index in [4.69, 9.17) is 4.74 Å². The van der Waals surface area contributed by atoms with Gasteiger partial charge in [0.05, 0.1) is 31.4 Å². The van der Waals surface area contributed by atoms with E-state index >= 15 is 0 Å². The molecule has 0 spiro atoms. The van der Waals surface area contributed by atoms with Crippen LogP contribution in [0.5, 0.6) is 5.75 Å². The minimum absolute atomic E-state index is 0.264. The first kappa shape index (κ1) is 21.5. The Morgan fingerprint density at radius 1 is 1.28 bits per heavy atom. The Balaban J connectivity index is 1.71. The van der Waals surface area contributed by atoms with Gasteiger partial charge >= 0.3 is 0 Å². The zero-order valence-corrected chi connectivity index (χ0v) is 17.1. The summed E-state index contributed by atoms with van der Waals surface area (Å²) in [6.45, 7) is 3.77. The molecular weight excluding hydrogens is 380 g/mol. The van der Waals surface area contributed by atoms with Gasteiger partial charge in [-0.15, -0.1) is 0 Å². The molecule has 2 amide bonds. The van der Waals surface area contributed by atoms with E-state index in [9.17, 15) is 18.4 Å². The third-order valence-corrected chi connectivity index (χ3v) is 5.19. The second-order valence-electron chi connectivity index (χ2n) is 8.44. The molecule has 1 atom stereocenters. The summed E-state index contributed by atoms with van der Waals surface area (Å²) in [5.41, 5.74) is 0.812. The number of anilines is 1. The summed E-state index contributed by atoms with van der Waals surface area (Å²) in [7, 11) is 1.68. The lowest BCUT2D eigenvalue weighted by Crippen LogP contribution is -2.56. The Morgan fingerprint density at radius 3 is 2.52 bits per heavy atom. The normalized spacial score (nSPS) is 18.9. The van der Waals surface area contributed by atoms with Crippen LogP contribution in [-0.4, -0.2) is 50.5 Å². The summed E-state index contributed by atoms with van der Waals surface area (Å²) in [4.78, 5) is 26.5. The number of hydrogen-bond acceptors (Lipinski definition) is 5.